The molecule has 0 aromatic heterocycles. The summed E-state index contributed by atoms with van der Waals surface area (Å²) in [6.45, 7) is 0. The second-order valence-electron chi connectivity index (χ2n) is 3.90. The molecule has 102 valence electrons. The first-order chi connectivity index (χ1) is 9.58. The zero-order chi connectivity index (χ0) is 14.5. The predicted octanol–water partition coefficient (Wildman–Crippen LogP) is 3.46. The van der Waals surface area contributed by atoms with Crippen molar-refractivity contribution in [2.75, 3.05) is 0 Å². The van der Waals surface area contributed by atoms with Crippen LogP contribution in [0.2, 0.25) is 10.0 Å². The van der Waals surface area contributed by atoms with Crippen molar-refractivity contribution in [2.24, 2.45) is 5.10 Å². The molecule has 1 amide bonds. The molecular formula is C14H10Cl2N2O2. The van der Waals surface area contributed by atoms with Crippen molar-refractivity contribution in [2.45, 2.75) is 0 Å². The lowest BCUT2D eigenvalue weighted by Crippen LogP contribution is -2.17. The molecule has 0 saturated carbocycles. The van der Waals surface area contributed by atoms with E-state index < -0.39 is 0 Å². The Morgan fingerprint density at radius 1 is 1.15 bits per heavy atom. The number of carbonyl (C=O) groups is 1. The van der Waals surface area contributed by atoms with Gasteiger partial charge in [0.2, 0.25) is 0 Å². The quantitative estimate of drug-likeness (QED) is 0.674. The zero-order valence-corrected chi connectivity index (χ0v) is 11.7. The highest BCUT2D eigenvalue weighted by atomic mass is 35.5. The number of benzene rings is 2. The topological polar surface area (TPSA) is 61.7 Å². The standard InChI is InChI=1S/C14H10Cl2N2O2/c15-11-6-9(7-12(16)13(11)19)8-17-18-14(20)10-4-2-1-3-5-10/h1-8,19H,(H,18,20)/b17-8-. The minimum absolute atomic E-state index is 0.119. The molecule has 0 aliphatic heterocycles. The summed E-state index contributed by atoms with van der Waals surface area (Å²) in [5.74, 6) is -0.503. The van der Waals surface area contributed by atoms with Gasteiger partial charge in [-0.2, -0.15) is 5.10 Å². The van der Waals surface area contributed by atoms with E-state index in [1.807, 2.05) is 6.07 Å². The van der Waals surface area contributed by atoms with Crippen molar-refractivity contribution in [1.29, 1.82) is 0 Å². The van der Waals surface area contributed by atoms with E-state index in [0.29, 0.717) is 11.1 Å². The van der Waals surface area contributed by atoms with Crippen LogP contribution in [-0.2, 0) is 0 Å². The van der Waals surface area contributed by atoms with Crippen molar-refractivity contribution in [3.8, 4) is 5.75 Å². The number of hydrogen-bond acceptors (Lipinski definition) is 3. The van der Waals surface area contributed by atoms with Crippen LogP contribution < -0.4 is 5.43 Å². The second kappa shape index (κ2) is 6.41. The van der Waals surface area contributed by atoms with E-state index in [9.17, 15) is 9.90 Å². The Balaban J connectivity index is 2.06. The van der Waals surface area contributed by atoms with Gasteiger partial charge >= 0.3 is 0 Å². The Labute approximate surface area is 125 Å². The summed E-state index contributed by atoms with van der Waals surface area (Å²) in [4.78, 5) is 11.7. The smallest absolute Gasteiger partial charge is 0.271 e. The van der Waals surface area contributed by atoms with Gasteiger partial charge < -0.3 is 5.11 Å². The Bertz CT molecular complexity index is 634. The van der Waals surface area contributed by atoms with Crippen LogP contribution >= 0.6 is 23.2 Å². The fourth-order valence-corrected chi connectivity index (χ4v) is 1.98. The van der Waals surface area contributed by atoms with Crippen LogP contribution in [0.3, 0.4) is 0 Å². The summed E-state index contributed by atoms with van der Waals surface area (Å²) in [7, 11) is 0. The fraction of sp³-hybridized carbons (Fsp3) is 0. The largest absolute Gasteiger partial charge is 0.505 e. The molecule has 0 saturated heterocycles. The van der Waals surface area contributed by atoms with Gasteiger partial charge in [0, 0.05) is 5.56 Å². The molecule has 0 spiro atoms. The molecule has 0 heterocycles. The molecule has 0 radical (unpaired) electrons. The minimum Gasteiger partial charge on any atom is -0.505 e. The van der Waals surface area contributed by atoms with E-state index in [4.69, 9.17) is 23.2 Å². The van der Waals surface area contributed by atoms with Crippen LogP contribution in [0.5, 0.6) is 5.75 Å². The maximum atomic E-state index is 11.7. The number of aromatic hydroxyl groups is 1. The van der Waals surface area contributed by atoms with E-state index in [0.717, 1.165) is 0 Å². The molecule has 0 bridgehead atoms. The van der Waals surface area contributed by atoms with Crippen molar-refractivity contribution in [3.05, 3.63) is 63.6 Å². The van der Waals surface area contributed by atoms with Gasteiger partial charge in [-0.15, -0.1) is 0 Å². The van der Waals surface area contributed by atoms with Crippen molar-refractivity contribution in [3.63, 3.8) is 0 Å². The molecule has 2 aromatic rings. The number of nitrogens with zero attached hydrogens (tertiary/aromatic N) is 1. The monoisotopic (exact) mass is 308 g/mol. The number of rotatable bonds is 3. The maximum absolute atomic E-state index is 11.7. The molecule has 2 N–H and O–H groups in total. The summed E-state index contributed by atoms with van der Waals surface area (Å²) in [5.41, 5.74) is 3.45. The van der Waals surface area contributed by atoms with Gasteiger partial charge in [0.25, 0.3) is 5.91 Å². The summed E-state index contributed by atoms with van der Waals surface area (Å²) in [6.07, 6.45) is 1.39. The summed E-state index contributed by atoms with van der Waals surface area (Å²) >= 11 is 11.5. The first-order valence-corrected chi connectivity index (χ1v) is 6.40. The lowest BCUT2D eigenvalue weighted by molar-refractivity contribution is 0.0955. The van der Waals surface area contributed by atoms with Crippen LogP contribution in [0.4, 0.5) is 0 Å². The van der Waals surface area contributed by atoms with Crippen LogP contribution in [0, 0.1) is 0 Å². The minimum atomic E-state index is -0.321. The van der Waals surface area contributed by atoms with Crippen molar-refractivity contribution < 1.29 is 9.90 Å². The van der Waals surface area contributed by atoms with Crippen molar-refractivity contribution in [1.82, 2.24) is 5.43 Å². The first-order valence-electron chi connectivity index (χ1n) is 5.64. The van der Waals surface area contributed by atoms with Crippen LogP contribution in [0.15, 0.2) is 47.6 Å². The van der Waals surface area contributed by atoms with E-state index >= 15 is 0 Å². The number of hydrogen-bond donors (Lipinski definition) is 2. The predicted molar refractivity (Wildman–Crippen MR) is 79.6 cm³/mol. The lowest BCUT2D eigenvalue weighted by Gasteiger charge is -2.02. The third-order valence-electron chi connectivity index (χ3n) is 2.45. The number of nitrogens with one attached hydrogen (secondary N) is 1. The number of hydrazone groups is 1. The lowest BCUT2D eigenvalue weighted by atomic mass is 10.2. The second-order valence-corrected chi connectivity index (χ2v) is 4.71. The molecule has 2 rings (SSSR count). The van der Waals surface area contributed by atoms with Gasteiger partial charge in [-0.05, 0) is 29.8 Å². The molecule has 0 fully saturated rings. The normalized spacial score (nSPS) is 10.7. The molecule has 0 atom stereocenters. The highest BCUT2D eigenvalue weighted by Gasteiger charge is 2.05. The number of halogens is 2. The summed E-state index contributed by atoms with van der Waals surface area (Å²) in [5, 5.41) is 13.5. The Hall–Kier alpha value is -2.04. The molecule has 0 unspecified atom stereocenters. The molecule has 0 aliphatic rings. The fourth-order valence-electron chi connectivity index (χ4n) is 1.48. The van der Waals surface area contributed by atoms with Gasteiger partial charge in [0.1, 0.15) is 0 Å². The zero-order valence-electron chi connectivity index (χ0n) is 10.2. The van der Waals surface area contributed by atoms with Gasteiger partial charge in [-0.25, -0.2) is 5.43 Å². The number of amides is 1. The molecule has 4 nitrogen and oxygen atoms in total. The molecule has 0 aliphatic carbocycles. The highest BCUT2D eigenvalue weighted by Crippen LogP contribution is 2.32. The molecule has 20 heavy (non-hydrogen) atoms. The number of phenols is 1. The number of carbonyl (C=O) groups excluding carboxylic acids is 1. The van der Waals surface area contributed by atoms with E-state index in [-0.39, 0.29) is 21.7 Å². The number of phenolic OH excluding ortho intramolecular Hbond substituents is 1. The van der Waals surface area contributed by atoms with Crippen LogP contribution in [0.1, 0.15) is 15.9 Å². The van der Waals surface area contributed by atoms with E-state index in [1.54, 1.807) is 24.3 Å². The average Bonchev–Trinajstić information content (AvgIpc) is 2.45. The van der Waals surface area contributed by atoms with Gasteiger partial charge in [0.05, 0.1) is 16.3 Å². The van der Waals surface area contributed by atoms with Crippen molar-refractivity contribution >= 4 is 35.3 Å². The maximum Gasteiger partial charge on any atom is 0.271 e. The van der Waals surface area contributed by atoms with E-state index in [1.165, 1.54) is 18.3 Å². The van der Waals surface area contributed by atoms with E-state index in [2.05, 4.69) is 10.5 Å². The van der Waals surface area contributed by atoms with Crippen LogP contribution in [-0.4, -0.2) is 17.2 Å². The molecule has 2 aromatic carbocycles. The average molecular weight is 309 g/mol. The van der Waals surface area contributed by atoms with Gasteiger partial charge in [0.15, 0.2) is 5.75 Å². The van der Waals surface area contributed by atoms with Crippen LogP contribution in [0.25, 0.3) is 0 Å². The Kier molecular flexibility index (Phi) is 4.61. The van der Waals surface area contributed by atoms with Gasteiger partial charge in [-0.3, -0.25) is 4.79 Å². The Morgan fingerprint density at radius 2 is 1.75 bits per heavy atom. The summed E-state index contributed by atoms with van der Waals surface area (Å²) in [6, 6.07) is 11.7. The first kappa shape index (κ1) is 14.4. The third kappa shape index (κ3) is 3.50. The summed E-state index contributed by atoms with van der Waals surface area (Å²) < 4.78 is 0. The molecule has 6 heteroatoms. The third-order valence-corrected chi connectivity index (χ3v) is 3.03. The Morgan fingerprint density at radius 3 is 2.35 bits per heavy atom. The highest BCUT2D eigenvalue weighted by molar-refractivity contribution is 6.37. The SMILES string of the molecule is O=C(N/N=C\c1cc(Cl)c(O)c(Cl)c1)c1ccccc1. The van der Waals surface area contributed by atoms with Gasteiger partial charge in [-0.1, -0.05) is 41.4 Å². The molecular weight excluding hydrogens is 299 g/mol.